The second-order valence-corrected chi connectivity index (χ2v) is 4.95. The minimum absolute atomic E-state index is 0.563. The summed E-state index contributed by atoms with van der Waals surface area (Å²) in [4.78, 5) is 13.7. The summed E-state index contributed by atoms with van der Waals surface area (Å²) in [6.45, 7) is 1.65. The van der Waals surface area contributed by atoms with Gasteiger partial charge in [-0.1, -0.05) is 12.5 Å². The minimum atomic E-state index is -0.820. The van der Waals surface area contributed by atoms with Gasteiger partial charge in [-0.15, -0.1) is 0 Å². The first kappa shape index (κ1) is 14.7. The van der Waals surface area contributed by atoms with Gasteiger partial charge < -0.3 is 14.6 Å². The largest absolute Gasteiger partial charge is 0.493 e. The van der Waals surface area contributed by atoms with Gasteiger partial charge in [0, 0.05) is 0 Å². The molecule has 0 bridgehead atoms. The molecule has 1 aromatic rings. The number of rotatable bonds is 5. The number of ether oxygens (including phenoxy) is 2. The highest BCUT2D eigenvalue weighted by Crippen LogP contribution is 2.33. The van der Waals surface area contributed by atoms with Crippen LogP contribution in [0.1, 0.15) is 30.9 Å². The maximum Gasteiger partial charge on any atom is 0.325 e. The number of carboxylic acid groups (broad SMARTS) is 1. The average Bonchev–Trinajstić information content (AvgIpc) is 2.48. The van der Waals surface area contributed by atoms with E-state index in [1.54, 1.807) is 32.4 Å². The number of hydrogen-bond donors (Lipinski definition) is 1. The van der Waals surface area contributed by atoms with Crippen LogP contribution in [0.4, 0.5) is 0 Å². The van der Waals surface area contributed by atoms with E-state index in [0.29, 0.717) is 11.5 Å². The lowest BCUT2D eigenvalue weighted by atomic mass is 10.0. The van der Waals surface area contributed by atoms with Gasteiger partial charge in [-0.3, -0.25) is 9.69 Å². The first-order valence-corrected chi connectivity index (χ1v) is 6.86. The highest BCUT2D eigenvalue weighted by atomic mass is 16.5. The van der Waals surface area contributed by atoms with E-state index in [4.69, 9.17) is 9.47 Å². The Morgan fingerprint density at radius 2 is 1.80 bits per heavy atom. The molecule has 110 valence electrons. The highest BCUT2D eigenvalue weighted by Gasteiger charge is 2.29. The Morgan fingerprint density at radius 1 is 1.15 bits per heavy atom. The number of piperidine rings is 1. The zero-order chi connectivity index (χ0) is 14.5. The molecule has 1 unspecified atom stereocenters. The van der Waals surface area contributed by atoms with E-state index in [0.717, 1.165) is 31.5 Å². The number of hydrogen-bond acceptors (Lipinski definition) is 4. The molecule has 0 aliphatic carbocycles. The lowest BCUT2D eigenvalue weighted by Gasteiger charge is -2.32. The van der Waals surface area contributed by atoms with E-state index in [2.05, 4.69) is 0 Å². The molecule has 1 fully saturated rings. The van der Waals surface area contributed by atoms with Crippen LogP contribution in [0.2, 0.25) is 0 Å². The number of carboxylic acids is 1. The van der Waals surface area contributed by atoms with Crippen LogP contribution in [-0.2, 0) is 4.79 Å². The molecule has 2 rings (SSSR count). The molecule has 0 radical (unpaired) electrons. The van der Waals surface area contributed by atoms with Crippen molar-refractivity contribution >= 4 is 5.97 Å². The second kappa shape index (κ2) is 6.61. The maximum atomic E-state index is 11.6. The zero-order valence-corrected chi connectivity index (χ0v) is 12.0. The quantitative estimate of drug-likeness (QED) is 0.896. The highest BCUT2D eigenvalue weighted by molar-refractivity contribution is 5.76. The van der Waals surface area contributed by atoms with Gasteiger partial charge in [0.25, 0.3) is 0 Å². The van der Waals surface area contributed by atoms with Gasteiger partial charge in [0.1, 0.15) is 6.04 Å². The molecule has 0 amide bonds. The SMILES string of the molecule is COc1ccc(C(C(=O)O)N2CCCCC2)cc1OC. The number of likely N-dealkylation sites (tertiary alicyclic amines) is 1. The van der Waals surface area contributed by atoms with E-state index >= 15 is 0 Å². The molecule has 0 saturated carbocycles. The number of aliphatic carboxylic acids is 1. The fourth-order valence-corrected chi connectivity index (χ4v) is 2.71. The average molecular weight is 279 g/mol. The topological polar surface area (TPSA) is 59.0 Å². The smallest absolute Gasteiger partial charge is 0.325 e. The number of carbonyl (C=O) groups is 1. The first-order valence-electron chi connectivity index (χ1n) is 6.86. The van der Waals surface area contributed by atoms with E-state index in [1.165, 1.54) is 6.42 Å². The van der Waals surface area contributed by atoms with E-state index in [9.17, 15) is 9.90 Å². The van der Waals surface area contributed by atoms with E-state index in [-0.39, 0.29) is 0 Å². The first-order chi connectivity index (χ1) is 9.67. The van der Waals surface area contributed by atoms with E-state index < -0.39 is 12.0 Å². The van der Waals surface area contributed by atoms with Crippen molar-refractivity contribution in [2.45, 2.75) is 25.3 Å². The molecule has 1 saturated heterocycles. The third-order valence-corrected chi connectivity index (χ3v) is 3.71. The Hall–Kier alpha value is -1.75. The van der Waals surface area contributed by atoms with Gasteiger partial charge in [-0.25, -0.2) is 0 Å². The van der Waals surface area contributed by atoms with Crippen LogP contribution in [-0.4, -0.2) is 43.3 Å². The van der Waals surface area contributed by atoms with Crippen molar-refractivity contribution in [1.29, 1.82) is 0 Å². The minimum Gasteiger partial charge on any atom is -0.493 e. The number of benzene rings is 1. The van der Waals surface area contributed by atoms with Gasteiger partial charge in [0.2, 0.25) is 0 Å². The molecular weight excluding hydrogens is 258 g/mol. The summed E-state index contributed by atoms with van der Waals surface area (Å²) < 4.78 is 10.4. The van der Waals surface area contributed by atoms with Crippen molar-refractivity contribution in [3.63, 3.8) is 0 Å². The molecular formula is C15H21NO4. The molecule has 1 N–H and O–H groups in total. The Bertz CT molecular complexity index is 469. The molecule has 5 heteroatoms. The van der Waals surface area contributed by atoms with Crippen LogP contribution in [0, 0.1) is 0 Å². The maximum absolute atomic E-state index is 11.6. The molecule has 0 aromatic heterocycles. The molecule has 0 spiro atoms. The number of methoxy groups -OCH3 is 2. The van der Waals surface area contributed by atoms with Gasteiger partial charge >= 0.3 is 5.97 Å². The normalized spacial score (nSPS) is 17.5. The Kier molecular flexibility index (Phi) is 4.84. The van der Waals surface area contributed by atoms with Crippen LogP contribution in [0.25, 0.3) is 0 Å². The Morgan fingerprint density at radius 3 is 2.35 bits per heavy atom. The molecule has 1 heterocycles. The third-order valence-electron chi connectivity index (χ3n) is 3.71. The molecule has 1 aliphatic rings. The monoisotopic (exact) mass is 279 g/mol. The molecule has 5 nitrogen and oxygen atoms in total. The van der Waals surface area contributed by atoms with Crippen molar-refractivity contribution in [3.05, 3.63) is 23.8 Å². The van der Waals surface area contributed by atoms with Crippen molar-refractivity contribution < 1.29 is 19.4 Å². The standard InChI is InChI=1S/C15H21NO4/c1-19-12-7-6-11(10-13(12)20-2)14(15(17)18)16-8-4-3-5-9-16/h6-7,10,14H,3-5,8-9H2,1-2H3,(H,17,18). The second-order valence-electron chi connectivity index (χ2n) is 4.95. The third kappa shape index (κ3) is 3.04. The Balaban J connectivity index is 2.31. The summed E-state index contributed by atoms with van der Waals surface area (Å²) in [5, 5.41) is 9.56. The van der Waals surface area contributed by atoms with Crippen molar-refractivity contribution in [2.24, 2.45) is 0 Å². The van der Waals surface area contributed by atoms with Gasteiger partial charge in [-0.2, -0.15) is 0 Å². The van der Waals surface area contributed by atoms with Crippen LogP contribution in [0.3, 0.4) is 0 Å². The lowest BCUT2D eigenvalue weighted by Crippen LogP contribution is -2.37. The van der Waals surface area contributed by atoms with Crippen LogP contribution >= 0.6 is 0 Å². The van der Waals surface area contributed by atoms with Gasteiger partial charge in [0.05, 0.1) is 14.2 Å². The molecule has 20 heavy (non-hydrogen) atoms. The summed E-state index contributed by atoms with van der Waals surface area (Å²) >= 11 is 0. The van der Waals surface area contributed by atoms with Crippen LogP contribution in [0.15, 0.2) is 18.2 Å². The predicted molar refractivity (Wildman–Crippen MR) is 75.3 cm³/mol. The fraction of sp³-hybridized carbons (Fsp3) is 0.533. The molecule has 1 aliphatic heterocycles. The van der Waals surface area contributed by atoms with Crippen molar-refractivity contribution in [1.82, 2.24) is 4.90 Å². The lowest BCUT2D eigenvalue weighted by molar-refractivity contribution is -0.144. The summed E-state index contributed by atoms with van der Waals surface area (Å²) in [7, 11) is 3.12. The van der Waals surface area contributed by atoms with Gasteiger partial charge in [0.15, 0.2) is 11.5 Å². The zero-order valence-electron chi connectivity index (χ0n) is 12.0. The predicted octanol–water partition coefficient (Wildman–Crippen LogP) is 2.32. The van der Waals surface area contributed by atoms with Crippen molar-refractivity contribution in [2.75, 3.05) is 27.3 Å². The van der Waals surface area contributed by atoms with Crippen molar-refractivity contribution in [3.8, 4) is 11.5 Å². The van der Waals surface area contributed by atoms with E-state index in [1.807, 2.05) is 4.90 Å². The summed E-state index contributed by atoms with van der Waals surface area (Å²) in [5.74, 6) is 0.353. The van der Waals surface area contributed by atoms with Crippen LogP contribution in [0.5, 0.6) is 11.5 Å². The molecule has 1 aromatic carbocycles. The summed E-state index contributed by atoms with van der Waals surface area (Å²) in [6, 6.07) is 4.70. The Labute approximate surface area is 119 Å². The number of nitrogens with zero attached hydrogens (tertiary/aromatic N) is 1. The van der Waals surface area contributed by atoms with Crippen LogP contribution < -0.4 is 9.47 Å². The summed E-state index contributed by atoms with van der Waals surface area (Å²) in [5.41, 5.74) is 0.733. The van der Waals surface area contributed by atoms with Gasteiger partial charge in [-0.05, 0) is 43.6 Å². The summed E-state index contributed by atoms with van der Waals surface area (Å²) in [6.07, 6.45) is 3.28. The fourth-order valence-electron chi connectivity index (χ4n) is 2.71. The molecule has 1 atom stereocenters.